The van der Waals surface area contributed by atoms with Gasteiger partial charge in [0.2, 0.25) is 6.29 Å². The molecule has 2 heterocycles. The van der Waals surface area contributed by atoms with E-state index in [2.05, 4.69) is 6.07 Å². The molecule has 1 aromatic carbocycles. The standard InChI is InChI=1S/C9H8O2.Zn/c1-2-4-7-6(3-1)5-8-9(10-7)11-8;/h1-4,8-9H,5H2;. The Morgan fingerprint density at radius 1 is 1.25 bits per heavy atom. The summed E-state index contributed by atoms with van der Waals surface area (Å²) in [5.41, 5.74) is 1.27. The molecule has 1 fully saturated rings. The first-order valence-corrected chi connectivity index (χ1v) is 3.83. The zero-order chi connectivity index (χ0) is 7.26. The molecular formula is C9H8O2Zn. The van der Waals surface area contributed by atoms with E-state index < -0.39 is 0 Å². The van der Waals surface area contributed by atoms with Crippen LogP contribution in [0.15, 0.2) is 24.3 Å². The normalized spacial score (nSPS) is 29.0. The molecule has 0 spiro atoms. The van der Waals surface area contributed by atoms with Gasteiger partial charge in [0.1, 0.15) is 11.9 Å². The molecule has 0 aliphatic carbocycles. The van der Waals surface area contributed by atoms with Crippen LogP contribution < -0.4 is 4.74 Å². The van der Waals surface area contributed by atoms with Crippen LogP contribution in [0.1, 0.15) is 5.56 Å². The molecule has 12 heavy (non-hydrogen) atoms. The van der Waals surface area contributed by atoms with Crippen LogP contribution in [-0.4, -0.2) is 12.4 Å². The fraction of sp³-hybridized carbons (Fsp3) is 0.333. The Labute approximate surface area is 83.6 Å². The second-order valence-corrected chi connectivity index (χ2v) is 2.97. The first-order chi connectivity index (χ1) is 5.43. The van der Waals surface area contributed by atoms with Crippen LogP contribution in [0.5, 0.6) is 5.75 Å². The smallest absolute Gasteiger partial charge is 0.227 e. The summed E-state index contributed by atoms with van der Waals surface area (Å²) < 4.78 is 10.7. The largest absolute Gasteiger partial charge is 0.462 e. The molecule has 2 nitrogen and oxygen atoms in total. The van der Waals surface area contributed by atoms with Crippen LogP contribution in [0, 0.1) is 0 Å². The second-order valence-electron chi connectivity index (χ2n) is 2.97. The van der Waals surface area contributed by atoms with E-state index in [9.17, 15) is 0 Å². The van der Waals surface area contributed by atoms with Crippen molar-refractivity contribution in [3.63, 3.8) is 0 Å². The minimum absolute atomic E-state index is 0. The monoisotopic (exact) mass is 212 g/mol. The molecule has 58 valence electrons. The minimum Gasteiger partial charge on any atom is -0.462 e. The van der Waals surface area contributed by atoms with Gasteiger partial charge in [-0.2, -0.15) is 0 Å². The number of epoxide rings is 1. The van der Waals surface area contributed by atoms with Gasteiger partial charge in [0.15, 0.2) is 0 Å². The summed E-state index contributed by atoms with van der Waals surface area (Å²) in [6.07, 6.45) is 1.41. The zero-order valence-corrected chi connectivity index (χ0v) is 9.66. The van der Waals surface area contributed by atoms with Crippen LogP contribution in [0.4, 0.5) is 0 Å². The summed E-state index contributed by atoms with van der Waals surface area (Å²) in [7, 11) is 0. The molecule has 0 N–H and O–H groups in total. The van der Waals surface area contributed by atoms with E-state index in [0.29, 0.717) is 6.10 Å². The molecule has 2 unspecified atom stereocenters. The van der Waals surface area contributed by atoms with E-state index in [1.54, 1.807) is 0 Å². The molecular weight excluding hydrogens is 205 g/mol. The van der Waals surface area contributed by atoms with Gasteiger partial charge in [0.25, 0.3) is 0 Å². The number of rotatable bonds is 0. The van der Waals surface area contributed by atoms with Crippen LogP contribution in [-0.2, 0) is 30.6 Å². The van der Waals surface area contributed by atoms with Crippen molar-refractivity contribution in [2.75, 3.05) is 0 Å². The van der Waals surface area contributed by atoms with Gasteiger partial charge in [-0.1, -0.05) is 18.2 Å². The quantitative estimate of drug-likeness (QED) is 0.479. The molecule has 0 aromatic heterocycles. The van der Waals surface area contributed by atoms with Gasteiger partial charge in [-0.3, -0.25) is 0 Å². The number of hydrogen-bond acceptors (Lipinski definition) is 2. The molecule has 0 saturated carbocycles. The maximum atomic E-state index is 5.48. The van der Waals surface area contributed by atoms with E-state index in [1.807, 2.05) is 18.2 Å². The number of hydrogen-bond donors (Lipinski definition) is 0. The second kappa shape index (κ2) is 2.83. The number of fused-ring (bicyclic) bond motifs is 2. The molecule has 0 radical (unpaired) electrons. The van der Waals surface area contributed by atoms with Gasteiger partial charge in [-0.05, 0) is 11.6 Å². The Bertz CT molecular complexity index is 271. The van der Waals surface area contributed by atoms with E-state index in [4.69, 9.17) is 9.47 Å². The van der Waals surface area contributed by atoms with Crippen molar-refractivity contribution in [1.29, 1.82) is 0 Å². The Kier molecular flexibility index (Phi) is 1.93. The summed E-state index contributed by atoms with van der Waals surface area (Å²) >= 11 is 0. The Morgan fingerprint density at radius 3 is 3.00 bits per heavy atom. The maximum absolute atomic E-state index is 5.48. The Balaban J connectivity index is 0.000000563. The van der Waals surface area contributed by atoms with Crippen molar-refractivity contribution >= 4 is 0 Å². The van der Waals surface area contributed by atoms with Crippen molar-refractivity contribution < 1.29 is 29.0 Å². The molecule has 1 aromatic rings. The van der Waals surface area contributed by atoms with Gasteiger partial charge in [0, 0.05) is 25.9 Å². The van der Waals surface area contributed by atoms with Crippen molar-refractivity contribution in [1.82, 2.24) is 0 Å². The molecule has 0 bridgehead atoms. The summed E-state index contributed by atoms with van der Waals surface area (Å²) in [6.45, 7) is 0. The fourth-order valence-corrected chi connectivity index (χ4v) is 1.50. The van der Waals surface area contributed by atoms with Crippen LogP contribution in [0.3, 0.4) is 0 Å². The van der Waals surface area contributed by atoms with E-state index in [1.165, 1.54) is 5.56 Å². The topological polar surface area (TPSA) is 21.8 Å². The van der Waals surface area contributed by atoms with Crippen molar-refractivity contribution in [3.05, 3.63) is 29.8 Å². The van der Waals surface area contributed by atoms with Gasteiger partial charge in [0.05, 0.1) is 0 Å². The third kappa shape index (κ3) is 1.17. The summed E-state index contributed by atoms with van der Waals surface area (Å²) in [4.78, 5) is 0. The average Bonchev–Trinajstić information content (AvgIpc) is 2.77. The maximum Gasteiger partial charge on any atom is 0.227 e. The Morgan fingerprint density at radius 2 is 2.08 bits per heavy atom. The van der Waals surface area contributed by atoms with Gasteiger partial charge < -0.3 is 9.47 Å². The fourth-order valence-electron chi connectivity index (χ4n) is 1.50. The molecule has 0 amide bonds. The van der Waals surface area contributed by atoms with Gasteiger partial charge in [-0.25, -0.2) is 0 Å². The average molecular weight is 214 g/mol. The van der Waals surface area contributed by atoms with Gasteiger partial charge in [-0.15, -0.1) is 0 Å². The van der Waals surface area contributed by atoms with Gasteiger partial charge >= 0.3 is 0 Å². The zero-order valence-electron chi connectivity index (χ0n) is 6.69. The summed E-state index contributed by atoms with van der Waals surface area (Å²) in [5.74, 6) is 0.992. The molecule has 3 rings (SSSR count). The molecule has 2 atom stereocenters. The first-order valence-electron chi connectivity index (χ1n) is 3.83. The molecule has 1 saturated heterocycles. The van der Waals surface area contributed by atoms with Crippen molar-refractivity contribution in [2.24, 2.45) is 0 Å². The molecule has 2 aliphatic heterocycles. The first kappa shape index (κ1) is 8.21. The summed E-state index contributed by atoms with van der Waals surface area (Å²) in [5, 5.41) is 0. The van der Waals surface area contributed by atoms with Crippen LogP contribution in [0.2, 0.25) is 0 Å². The SMILES string of the molecule is [Zn].c1ccc2c(c1)CC1OC1O2. The minimum atomic E-state index is 0. The van der Waals surface area contributed by atoms with E-state index in [-0.39, 0.29) is 25.8 Å². The summed E-state index contributed by atoms with van der Waals surface area (Å²) in [6, 6.07) is 8.10. The third-order valence-corrected chi connectivity index (χ3v) is 2.17. The van der Waals surface area contributed by atoms with E-state index >= 15 is 0 Å². The molecule has 2 aliphatic rings. The third-order valence-electron chi connectivity index (χ3n) is 2.17. The predicted octanol–water partition coefficient (Wildman–Crippen LogP) is 1.34. The van der Waals surface area contributed by atoms with Crippen molar-refractivity contribution in [3.8, 4) is 5.75 Å². The predicted molar refractivity (Wildman–Crippen MR) is 39.4 cm³/mol. The number of ether oxygens (including phenoxy) is 2. The number of benzene rings is 1. The van der Waals surface area contributed by atoms with Crippen LogP contribution >= 0.6 is 0 Å². The van der Waals surface area contributed by atoms with E-state index in [0.717, 1.165) is 12.2 Å². The number of para-hydroxylation sites is 1. The van der Waals surface area contributed by atoms with Crippen molar-refractivity contribution in [2.45, 2.75) is 18.8 Å². The Hall–Kier alpha value is -0.397. The molecule has 3 heteroatoms. The van der Waals surface area contributed by atoms with Crippen LogP contribution in [0.25, 0.3) is 0 Å².